The fourth-order valence-corrected chi connectivity index (χ4v) is 3.89. The van der Waals surface area contributed by atoms with Crippen molar-refractivity contribution in [2.24, 2.45) is 10.9 Å². The van der Waals surface area contributed by atoms with Crippen molar-refractivity contribution in [2.75, 3.05) is 40.4 Å². The van der Waals surface area contributed by atoms with Gasteiger partial charge in [0, 0.05) is 46.3 Å². The van der Waals surface area contributed by atoms with Crippen molar-refractivity contribution in [3.8, 4) is 0 Å². The van der Waals surface area contributed by atoms with Gasteiger partial charge in [0.2, 0.25) is 0 Å². The molecule has 1 aliphatic heterocycles. The molecule has 2 aromatic carbocycles. The molecule has 0 amide bonds. The van der Waals surface area contributed by atoms with Gasteiger partial charge in [-0.3, -0.25) is 4.99 Å². The van der Waals surface area contributed by atoms with Crippen LogP contribution in [0.2, 0.25) is 0 Å². The van der Waals surface area contributed by atoms with Gasteiger partial charge in [-0.2, -0.15) is 0 Å². The van der Waals surface area contributed by atoms with Crippen molar-refractivity contribution in [1.82, 2.24) is 10.2 Å². The van der Waals surface area contributed by atoms with Crippen LogP contribution in [0.3, 0.4) is 0 Å². The number of halogens is 1. The van der Waals surface area contributed by atoms with Crippen molar-refractivity contribution in [2.45, 2.75) is 25.2 Å². The van der Waals surface area contributed by atoms with E-state index >= 15 is 0 Å². The molecule has 1 heterocycles. The van der Waals surface area contributed by atoms with Crippen LogP contribution in [0.1, 0.15) is 36.3 Å². The first-order chi connectivity index (χ1) is 13.8. The van der Waals surface area contributed by atoms with E-state index in [4.69, 9.17) is 4.74 Å². The molecule has 3 rings (SSSR count). The molecule has 1 saturated heterocycles. The van der Waals surface area contributed by atoms with E-state index in [2.05, 4.69) is 82.9 Å². The van der Waals surface area contributed by atoms with Gasteiger partial charge >= 0.3 is 0 Å². The van der Waals surface area contributed by atoms with Crippen molar-refractivity contribution in [3.63, 3.8) is 0 Å². The molecule has 2 aromatic rings. The molecule has 0 radical (unpaired) electrons. The van der Waals surface area contributed by atoms with E-state index in [-0.39, 0.29) is 24.0 Å². The lowest BCUT2D eigenvalue weighted by atomic mass is 9.91. The molecule has 29 heavy (non-hydrogen) atoms. The lowest BCUT2D eigenvalue weighted by molar-refractivity contribution is 0.0625. The average Bonchev–Trinajstić information content (AvgIpc) is 2.77. The molecule has 0 unspecified atom stereocenters. The van der Waals surface area contributed by atoms with E-state index in [0.717, 1.165) is 38.2 Å². The zero-order chi connectivity index (χ0) is 19.6. The zero-order valence-electron chi connectivity index (χ0n) is 17.6. The van der Waals surface area contributed by atoms with Crippen LogP contribution in [0.4, 0.5) is 0 Å². The number of nitrogens with one attached hydrogen (secondary N) is 1. The monoisotopic (exact) mass is 507 g/mol. The van der Waals surface area contributed by atoms with Crippen LogP contribution >= 0.6 is 24.0 Å². The Kier molecular flexibility index (Phi) is 10.5. The topological polar surface area (TPSA) is 36.9 Å². The molecule has 0 bridgehead atoms. The number of rotatable bonds is 7. The molecular weight excluding hydrogens is 473 g/mol. The van der Waals surface area contributed by atoms with Gasteiger partial charge in [0.25, 0.3) is 0 Å². The third kappa shape index (κ3) is 7.30. The fraction of sp³-hybridized carbons (Fsp3) is 0.458. The Hall–Kier alpha value is -1.60. The largest absolute Gasteiger partial charge is 0.381 e. The van der Waals surface area contributed by atoms with Crippen LogP contribution in [-0.4, -0.2) is 51.3 Å². The molecule has 0 atom stereocenters. The lowest BCUT2D eigenvalue weighted by Crippen LogP contribution is -2.41. The first-order valence-electron chi connectivity index (χ1n) is 10.4. The first-order valence-corrected chi connectivity index (χ1v) is 10.4. The van der Waals surface area contributed by atoms with E-state index in [9.17, 15) is 0 Å². The van der Waals surface area contributed by atoms with Crippen LogP contribution in [0.5, 0.6) is 0 Å². The summed E-state index contributed by atoms with van der Waals surface area (Å²) in [5, 5.41) is 3.61. The molecule has 4 nitrogen and oxygen atoms in total. The third-order valence-electron chi connectivity index (χ3n) is 5.66. The molecule has 0 saturated carbocycles. The Balaban J connectivity index is 0.00000300. The molecule has 5 heteroatoms. The van der Waals surface area contributed by atoms with Gasteiger partial charge in [0.1, 0.15) is 0 Å². The van der Waals surface area contributed by atoms with Crippen molar-refractivity contribution in [1.29, 1.82) is 0 Å². The maximum absolute atomic E-state index is 5.47. The summed E-state index contributed by atoms with van der Waals surface area (Å²) in [4.78, 5) is 6.77. The van der Waals surface area contributed by atoms with Crippen molar-refractivity contribution >= 4 is 29.9 Å². The summed E-state index contributed by atoms with van der Waals surface area (Å²) in [6.45, 7) is 3.67. The van der Waals surface area contributed by atoms with E-state index in [1.165, 1.54) is 30.4 Å². The number of guanidine groups is 1. The Morgan fingerprint density at radius 2 is 1.59 bits per heavy atom. The number of benzene rings is 2. The van der Waals surface area contributed by atoms with Gasteiger partial charge in [0.15, 0.2) is 5.96 Å². The number of aliphatic imine (C=N–C) groups is 1. The summed E-state index contributed by atoms with van der Waals surface area (Å²) in [5.41, 5.74) is 2.64. The Morgan fingerprint density at radius 3 is 2.10 bits per heavy atom. The van der Waals surface area contributed by atoms with Crippen molar-refractivity contribution < 1.29 is 4.74 Å². The highest BCUT2D eigenvalue weighted by Gasteiger charge is 2.17. The Labute approximate surface area is 192 Å². The molecule has 1 aliphatic rings. The Morgan fingerprint density at radius 1 is 1.03 bits per heavy atom. The second-order valence-electron chi connectivity index (χ2n) is 7.57. The summed E-state index contributed by atoms with van der Waals surface area (Å²) in [6, 6.07) is 21.4. The second kappa shape index (κ2) is 12.9. The summed E-state index contributed by atoms with van der Waals surface area (Å²) in [7, 11) is 4.00. The standard InChI is InChI=1S/C24H33N3O.HI/c1-25-24(27(2)16-13-20-14-17-28-18-15-20)26-19-23(21-9-5-3-6-10-21)22-11-7-4-8-12-22;/h3-12,20,23H,13-19H2,1-2H3,(H,25,26);1H. The molecular formula is C24H34IN3O. The first kappa shape index (κ1) is 23.7. The number of ether oxygens (including phenoxy) is 1. The van der Waals surface area contributed by atoms with Gasteiger partial charge in [-0.05, 0) is 36.3 Å². The van der Waals surface area contributed by atoms with Gasteiger partial charge < -0.3 is 15.0 Å². The minimum atomic E-state index is 0. The predicted octanol–water partition coefficient (Wildman–Crippen LogP) is 4.76. The Bertz CT molecular complexity index is 678. The average molecular weight is 507 g/mol. The van der Waals surface area contributed by atoms with E-state index in [1.54, 1.807) is 0 Å². The quantitative estimate of drug-likeness (QED) is 0.334. The van der Waals surface area contributed by atoms with Gasteiger partial charge in [-0.15, -0.1) is 24.0 Å². The van der Waals surface area contributed by atoms with Crippen molar-refractivity contribution in [3.05, 3.63) is 71.8 Å². The van der Waals surface area contributed by atoms with Crippen LogP contribution in [0, 0.1) is 5.92 Å². The lowest BCUT2D eigenvalue weighted by Gasteiger charge is -2.28. The molecule has 1 fully saturated rings. The molecule has 0 aliphatic carbocycles. The zero-order valence-corrected chi connectivity index (χ0v) is 19.9. The number of hydrogen-bond acceptors (Lipinski definition) is 2. The van der Waals surface area contributed by atoms with E-state index < -0.39 is 0 Å². The van der Waals surface area contributed by atoms with Gasteiger partial charge in [0.05, 0.1) is 0 Å². The maximum atomic E-state index is 5.47. The third-order valence-corrected chi connectivity index (χ3v) is 5.66. The highest BCUT2D eigenvalue weighted by Crippen LogP contribution is 2.24. The summed E-state index contributed by atoms with van der Waals surface area (Å²) in [6.07, 6.45) is 3.56. The van der Waals surface area contributed by atoms with E-state index in [0.29, 0.717) is 5.92 Å². The summed E-state index contributed by atoms with van der Waals surface area (Å²) < 4.78 is 5.47. The fourth-order valence-electron chi connectivity index (χ4n) is 3.89. The highest BCUT2D eigenvalue weighted by atomic mass is 127. The molecule has 1 N–H and O–H groups in total. The second-order valence-corrected chi connectivity index (χ2v) is 7.57. The highest BCUT2D eigenvalue weighted by molar-refractivity contribution is 14.0. The molecule has 158 valence electrons. The van der Waals surface area contributed by atoms with Crippen LogP contribution in [-0.2, 0) is 4.74 Å². The van der Waals surface area contributed by atoms with Gasteiger partial charge in [-0.25, -0.2) is 0 Å². The van der Waals surface area contributed by atoms with Crippen LogP contribution in [0.15, 0.2) is 65.7 Å². The molecule has 0 aromatic heterocycles. The molecule has 0 spiro atoms. The SMILES string of the molecule is CN=C(NCC(c1ccccc1)c1ccccc1)N(C)CCC1CCOCC1.I. The predicted molar refractivity (Wildman–Crippen MR) is 132 cm³/mol. The number of nitrogens with zero attached hydrogens (tertiary/aromatic N) is 2. The van der Waals surface area contributed by atoms with Gasteiger partial charge in [-0.1, -0.05) is 60.7 Å². The minimum Gasteiger partial charge on any atom is -0.381 e. The smallest absolute Gasteiger partial charge is 0.193 e. The normalized spacial score (nSPS) is 15.1. The number of hydrogen-bond donors (Lipinski definition) is 1. The summed E-state index contributed by atoms with van der Waals surface area (Å²) in [5.74, 6) is 2.03. The van der Waals surface area contributed by atoms with E-state index in [1.807, 2.05) is 7.05 Å². The summed E-state index contributed by atoms with van der Waals surface area (Å²) >= 11 is 0. The maximum Gasteiger partial charge on any atom is 0.193 e. The van der Waals surface area contributed by atoms with Crippen LogP contribution < -0.4 is 5.32 Å². The minimum absolute atomic E-state index is 0. The van der Waals surface area contributed by atoms with Crippen LogP contribution in [0.25, 0.3) is 0 Å².